The van der Waals surface area contributed by atoms with Gasteiger partial charge in [-0.15, -0.1) is 0 Å². The summed E-state index contributed by atoms with van der Waals surface area (Å²) in [5.41, 5.74) is 9.71. The molecule has 0 N–H and O–H groups in total. The Morgan fingerprint density at radius 2 is 1.22 bits per heavy atom. The van der Waals surface area contributed by atoms with Gasteiger partial charge in [-0.25, -0.2) is 0 Å². The number of aryl methyl sites for hydroxylation is 1. The molecule has 3 aromatic carbocycles. The molecule has 0 bridgehead atoms. The summed E-state index contributed by atoms with van der Waals surface area (Å²) in [5, 5.41) is 0. The van der Waals surface area contributed by atoms with Crippen molar-refractivity contribution in [1.82, 2.24) is 0 Å². The molecule has 1 aliphatic heterocycles. The first-order valence-corrected chi connectivity index (χ1v) is 9.47. The van der Waals surface area contributed by atoms with Crippen LogP contribution in [0.4, 0.5) is 0 Å². The minimum absolute atomic E-state index is 0.375. The lowest BCUT2D eigenvalue weighted by Gasteiger charge is -2.24. The van der Waals surface area contributed by atoms with Crippen LogP contribution in [0.15, 0.2) is 84.4 Å². The van der Waals surface area contributed by atoms with Crippen molar-refractivity contribution in [3.05, 3.63) is 112 Å². The first-order valence-electron chi connectivity index (χ1n) is 9.47. The molecule has 2 aliphatic rings. The van der Waals surface area contributed by atoms with Crippen LogP contribution in [0.1, 0.15) is 41.7 Å². The highest BCUT2D eigenvalue weighted by Crippen LogP contribution is 2.57. The van der Waals surface area contributed by atoms with Crippen LogP contribution in [0.2, 0.25) is 0 Å². The molecule has 3 aromatic rings. The maximum absolute atomic E-state index is 6.56. The second-order valence-corrected chi connectivity index (χ2v) is 7.84. The quantitative estimate of drug-likeness (QED) is 0.513. The Morgan fingerprint density at radius 1 is 0.630 bits per heavy atom. The minimum atomic E-state index is -0.375. The maximum atomic E-state index is 6.56. The Hall–Kier alpha value is -3.06. The van der Waals surface area contributed by atoms with E-state index in [0.717, 1.165) is 11.3 Å². The van der Waals surface area contributed by atoms with Gasteiger partial charge >= 0.3 is 0 Å². The molecule has 27 heavy (non-hydrogen) atoms. The molecule has 1 heteroatoms. The van der Waals surface area contributed by atoms with E-state index in [1.165, 1.54) is 39.0 Å². The van der Waals surface area contributed by atoms with E-state index in [2.05, 4.69) is 93.6 Å². The molecular formula is C26H22O. The molecule has 5 rings (SSSR count). The van der Waals surface area contributed by atoms with E-state index in [0.29, 0.717) is 0 Å². The van der Waals surface area contributed by atoms with Gasteiger partial charge in [0, 0.05) is 16.7 Å². The predicted octanol–water partition coefficient (Wildman–Crippen LogP) is 6.49. The van der Waals surface area contributed by atoms with Crippen molar-refractivity contribution >= 4 is 16.9 Å². The fourth-order valence-corrected chi connectivity index (χ4v) is 4.32. The van der Waals surface area contributed by atoms with Crippen molar-refractivity contribution in [2.45, 2.75) is 26.4 Å². The van der Waals surface area contributed by atoms with Crippen molar-refractivity contribution in [1.29, 1.82) is 0 Å². The van der Waals surface area contributed by atoms with E-state index in [1.807, 2.05) is 6.07 Å². The Balaban J connectivity index is 1.86. The molecule has 0 atom stereocenters. The van der Waals surface area contributed by atoms with Gasteiger partial charge in [0.2, 0.25) is 0 Å². The number of fused-ring (bicyclic) bond motifs is 3. The lowest BCUT2D eigenvalue weighted by molar-refractivity contribution is 0.133. The fourth-order valence-electron chi connectivity index (χ4n) is 4.32. The largest absolute Gasteiger partial charge is 0.482 e. The summed E-state index contributed by atoms with van der Waals surface area (Å²) in [6.07, 6.45) is 0. The van der Waals surface area contributed by atoms with Gasteiger partial charge in [0.05, 0.1) is 0 Å². The number of rotatable bonds is 2. The molecular weight excluding hydrogens is 328 g/mol. The van der Waals surface area contributed by atoms with Crippen LogP contribution >= 0.6 is 0 Å². The highest BCUT2D eigenvalue weighted by molar-refractivity contribution is 6.14. The highest BCUT2D eigenvalue weighted by Gasteiger charge is 2.45. The third kappa shape index (κ3) is 2.39. The van der Waals surface area contributed by atoms with Gasteiger partial charge in [-0.05, 0) is 43.0 Å². The van der Waals surface area contributed by atoms with Gasteiger partial charge in [-0.2, -0.15) is 0 Å². The number of hydrogen-bond donors (Lipinski definition) is 0. The molecule has 0 spiro atoms. The summed E-state index contributed by atoms with van der Waals surface area (Å²) < 4.78 is 6.56. The van der Waals surface area contributed by atoms with Crippen molar-refractivity contribution < 1.29 is 4.74 Å². The average Bonchev–Trinajstić information content (AvgIpc) is 3.17. The standard InChI is InChI=1S/C26H22O/c1-17-13-15-18(16-14-17)22-20-11-7-8-12-21(20)23-24(22)26(2,3)27-25(23)19-9-5-4-6-10-19/h4-16H,1-3H3. The topological polar surface area (TPSA) is 9.23 Å². The van der Waals surface area contributed by atoms with Crippen LogP contribution in [0.3, 0.4) is 0 Å². The average molecular weight is 350 g/mol. The molecule has 0 saturated heterocycles. The second-order valence-electron chi connectivity index (χ2n) is 7.84. The van der Waals surface area contributed by atoms with E-state index < -0.39 is 0 Å². The molecule has 132 valence electrons. The molecule has 0 saturated carbocycles. The highest BCUT2D eigenvalue weighted by atomic mass is 16.5. The van der Waals surface area contributed by atoms with E-state index >= 15 is 0 Å². The summed E-state index contributed by atoms with van der Waals surface area (Å²) in [4.78, 5) is 0. The smallest absolute Gasteiger partial charge is 0.136 e. The zero-order chi connectivity index (χ0) is 18.6. The Morgan fingerprint density at radius 3 is 1.89 bits per heavy atom. The number of hydrogen-bond acceptors (Lipinski definition) is 1. The zero-order valence-electron chi connectivity index (χ0n) is 15.9. The Kier molecular flexibility index (Phi) is 3.42. The minimum Gasteiger partial charge on any atom is -0.482 e. The monoisotopic (exact) mass is 350 g/mol. The lowest BCUT2D eigenvalue weighted by Crippen LogP contribution is -2.21. The molecule has 0 radical (unpaired) electrons. The van der Waals surface area contributed by atoms with E-state index in [-0.39, 0.29) is 5.60 Å². The van der Waals surface area contributed by atoms with E-state index in [1.54, 1.807) is 0 Å². The van der Waals surface area contributed by atoms with Gasteiger partial charge < -0.3 is 4.74 Å². The summed E-state index contributed by atoms with van der Waals surface area (Å²) >= 11 is 0. The molecule has 0 fully saturated rings. The first kappa shape index (κ1) is 16.1. The summed E-state index contributed by atoms with van der Waals surface area (Å²) in [7, 11) is 0. The van der Waals surface area contributed by atoms with Crippen LogP contribution < -0.4 is 0 Å². The van der Waals surface area contributed by atoms with Gasteiger partial charge in [-0.3, -0.25) is 0 Å². The molecule has 0 unspecified atom stereocenters. The summed E-state index contributed by atoms with van der Waals surface area (Å²) in [6, 6.07) is 28.0. The first-order chi connectivity index (χ1) is 13.1. The fraction of sp³-hybridized carbons (Fsp3) is 0.154. The van der Waals surface area contributed by atoms with Crippen molar-refractivity contribution in [2.75, 3.05) is 0 Å². The maximum Gasteiger partial charge on any atom is 0.136 e. The Labute approximate surface area is 160 Å². The van der Waals surface area contributed by atoms with Crippen LogP contribution in [0.25, 0.3) is 16.9 Å². The van der Waals surface area contributed by atoms with E-state index in [9.17, 15) is 0 Å². The lowest BCUT2D eigenvalue weighted by atomic mass is 9.88. The molecule has 0 amide bonds. The summed E-state index contributed by atoms with van der Waals surface area (Å²) in [5.74, 6) is 0.991. The SMILES string of the molecule is Cc1ccc(C2=C3C(=C(c4ccccc4)OC3(C)C)c3ccccc32)cc1. The second kappa shape index (κ2) is 5.72. The summed E-state index contributed by atoms with van der Waals surface area (Å²) in [6.45, 7) is 6.49. The third-order valence-corrected chi connectivity index (χ3v) is 5.53. The van der Waals surface area contributed by atoms with Crippen molar-refractivity contribution in [3.8, 4) is 0 Å². The number of benzene rings is 3. The third-order valence-electron chi connectivity index (χ3n) is 5.53. The molecule has 1 aliphatic carbocycles. The van der Waals surface area contributed by atoms with Crippen LogP contribution in [0, 0.1) is 6.92 Å². The Bertz CT molecular complexity index is 1100. The van der Waals surface area contributed by atoms with Crippen LogP contribution in [-0.2, 0) is 4.74 Å². The van der Waals surface area contributed by atoms with Crippen LogP contribution in [0.5, 0.6) is 0 Å². The van der Waals surface area contributed by atoms with Gasteiger partial charge in [-0.1, -0.05) is 84.4 Å². The van der Waals surface area contributed by atoms with Gasteiger partial charge in [0.1, 0.15) is 11.4 Å². The van der Waals surface area contributed by atoms with Crippen molar-refractivity contribution in [2.24, 2.45) is 0 Å². The number of ether oxygens (including phenoxy) is 1. The predicted molar refractivity (Wildman–Crippen MR) is 112 cm³/mol. The molecule has 0 aromatic heterocycles. The normalized spacial score (nSPS) is 17.0. The van der Waals surface area contributed by atoms with E-state index in [4.69, 9.17) is 4.74 Å². The zero-order valence-corrected chi connectivity index (χ0v) is 15.9. The van der Waals surface area contributed by atoms with Crippen molar-refractivity contribution in [3.63, 3.8) is 0 Å². The molecule has 1 heterocycles. The van der Waals surface area contributed by atoms with Gasteiger partial charge in [0.15, 0.2) is 0 Å². The molecule has 1 nitrogen and oxygen atoms in total. The van der Waals surface area contributed by atoms with Gasteiger partial charge in [0.25, 0.3) is 0 Å². The van der Waals surface area contributed by atoms with Crippen LogP contribution in [-0.4, -0.2) is 5.60 Å².